The number of Topliss-reactive ketones (excluding diaryl/α,β-unsaturated/α-hetero) is 1. The van der Waals surface area contributed by atoms with E-state index in [2.05, 4.69) is 23.9 Å². The van der Waals surface area contributed by atoms with Crippen molar-refractivity contribution < 1.29 is 4.79 Å². The highest BCUT2D eigenvalue weighted by Crippen LogP contribution is 2.25. The van der Waals surface area contributed by atoms with E-state index in [-0.39, 0.29) is 0 Å². The number of ketones is 1. The van der Waals surface area contributed by atoms with Crippen molar-refractivity contribution in [1.29, 1.82) is 0 Å². The largest absolute Gasteiger partial charge is 0.300 e. The Morgan fingerprint density at radius 1 is 1.56 bits per heavy atom. The highest BCUT2D eigenvalue weighted by atomic mass is 16.1. The van der Waals surface area contributed by atoms with Gasteiger partial charge in [-0.15, -0.1) is 0 Å². The molecule has 0 amide bonds. The number of aromatic nitrogens is 3. The Morgan fingerprint density at radius 2 is 2.38 bits per heavy atom. The lowest BCUT2D eigenvalue weighted by Crippen LogP contribution is -2.13. The van der Waals surface area contributed by atoms with Crippen LogP contribution in [0.25, 0.3) is 0 Å². The summed E-state index contributed by atoms with van der Waals surface area (Å²) in [7, 11) is 0. The highest BCUT2D eigenvalue weighted by Gasteiger charge is 2.23. The van der Waals surface area contributed by atoms with Crippen molar-refractivity contribution in [2.24, 2.45) is 11.8 Å². The maximum atomic E-state index is 11.2. The zero-order valence-corrected chi connectivity index (χ0v) is 10.0. The molecule has 4 heteroatoms. The maximum Gasteiger partial charge on any atom is 0.138 e. The molecule has 1 saturated carbocycles. The Morgan fingerprint density at radius 3 is 3.00 bits per heavy atom. The minimum atomic E-state index is 0.403. The fraction of sp³-hybridized carbons (Fsp3) is 0.750. The first-order chi connectivity index (χ1) is 7.65. The van der Waals surface area contributed by atoms with E-state index in [4.69, 9.17) is 0 Å². The molecule has 1 unspecified atom stereocenters. The van der Waals surface area contributed by atoms with Gasteiger partial charge in [0.2, 0.25) is 0 Å². The Balaban J connectivity index is 1.98. The fourth-order valence-corrected chi connectivity index (χ4v) is 2.27. The van der Waals surface area contributed by atoms with E-state index < -0.39 is 0 Å². The van der Waals surface area contributed by atoms with Crippen LogP contribution in [0, 0.1) is 11.8 Å². The van der Waals surface area contributed by atoms with Crippen molar-refractivity contribution in [1.82, 2.24) is 14.8 Å². The first-order valence-electron chi connectivity index (χ1n) is 6.03. The molecule has 0 bridgehead atoms. The van der Waals surface area contributed by atoms with E-state index in [9.17, 15) is 4.79 Å². The molecule has 0 radical (unpaired) electrons. The lowest BCUT2D eigenvalue weighted by molar-refractivity contribution is -0.117. The van der Waals surface area contributed by atoms with Crippen molar-refractivity contribution in [2.45, 2.75) is 46.1 Å². The topological polar surface area (TPSA) is 47.8 Å². The van der Waals surface area contributed by atoms with Crippen LogP contribution < -0.4 is 0 Å². The van der Waals surface area contributed by atoms with Crippen LogP contribution >= 0.6 is 0 Å². The zero-order chi connectivity index (χ0) is 11.5. The fourth-order valence-electron chi connectivity index (χ4n) is 2.27. The minimum Gasteiger partial charge on any atom is -0.300 e. The van der Waals surface area contributed by atoms with E-state index in [0.29, 0.717) is 17.6 Å². The molecule has 1 fully saturated rings. The van der Waals surface area contributed by atoms with Gasteiger partial charge in [-0.25, -0.2) is 9.67 Å². The van der Waals surface area contributed by atoms with E-state index in [1.54, 1.807) is 6.33 Å². The summed E-state index contributed by atoms with van der Waals surface area (Å²) < 4.78 is 1.98. The number of carbonyl (C=O) groups excluding carboxylic acids is 1. The van der Waals surface area contributed by atoms with Gasteiger partial charge in [0.25, 0.3) is 0 Å². The first-order valence-corrected chi connectivity index (χ1v) is 6.03. The van der Waals surface area contributed by atoms with Crippen molar-refractivity contribution in [3.05, 3.63) is 12.2 Å². The van der Waals surface area contributed by atoms with Gasteiger partial charge < -0.3 is 0 Å². The molecule has 0 N–H and O–H groups in total. The molecule has 0 aliphatic heterocycles. The molecule has 1 aromatic heterocycles. The lowest BCUT2D eigenvalue weighted by Gasteiger charge is -2.11. The van der Waals surface area contributed by atoms with Crippen molar-refractivity contribution >= 4 is 5.78 Å². The van der Waals surface area contributed by atoms with Gasteiger partial charge >= 0.3 is 0 Å². The molecule has 0 spiro atoms. The average Bonchev–Trinajstić information content (AvgIpc) is 2.77. The van der Waals surface area contributed by atoms with E-state index in [0.717, 1.165) is 38.1 Å². The Bertz CT molecular complexity index is 370. The van der Waals surface area contributed by atoms with E-state index in [1.165, 1.54) is 0 Å². The van der Waals surface area contributed by atoms with Crippen molar-refractivity contribution in [3.8, 4) is 0 Å². The quantitative estimate of drug-likeness (QED) is 0.779. The Hall–Kier alpha value is -1.19. The smallest absolute Gasteiger partial charge is 0.138 e. The van der Waals surface area contributed by atoms with Gasteiger partial charge in [0.05, 0.1) is 0 Å². The van der Waals surface area contributed by atoms with Crippen LogP contribution in [0.2, 0.25) is 0 Å². The second-order valence-electron chi connectivity index (χ2n) is 5.10. The molecule has 88 valence electrons. The highest BCUT2D eigenvalue weighted by molar-refractivity contribution is 5.80. The normalized spacial score (nSPS) is 20.9. The third kappa shape index (κ3) is 2.68. The van der Waals surface area contributed by atoms with Crippen molar-refractivity contribution in [2.75, 3.05) is 0 Å². The van der Waals surface area contributed by atoms with E-state index in [1.807, 2.05) is 4.68 Å². The number of rotatable bonds is 4. The second-order valence-corrected chi connectivity index (χ2v) is 5.10. The molecule has 2 rings (SSSR count). The molecule has 1 aromatic rings. The predicted octanol–water partition coefficient (Wildman–Crippen LogP) is 1.85. The average molecular weight is 221 g/mol. The van der Waals surface area contributed by atoms with E-state index >= 15 is 0 Å². The number of carbonyl (C=O) groups is 1. The summed E-state index contributed by atoms with van der Waals surface area (Å²) in [5.74, 6) is 2.50. The lowest BCUT2D eigenvalue weighted by atomic mass is 10.0. The van der Waals surface area contributed by atoms with Gasteiger partial charge in [-0.1, -0.05) is 13.8 Å². The van der Waals surface area contributed by atoms with Crippen LogP contribution in [0.4, 0.5) is 0 Å². The minimum absolute atomic E-state index is 0.403. The van der Waals surface area contributed by atoms with Crippen LogP contribution in [0.1, 0.15) is 38.9 Å². The van der Waals surface area contributed by atoms with Crippen LogP contribution in [0.5, 0.6) is 0 Å². The summed E-state index contributed by atoms with van der Waals surface area (Å²) in [6, 6.07) is 0. The Kier molecular flexibility index (Phi) is 3.36. The third-order valence-corrected chi connectivity index (χ3v) is 3.05. The van der Waals surface area contributed by atoms with Gasteiger partial charge in [-0.05, 0) is 18.3 Å². The summed E-state index contributed by atoms with van der Waals surface area (Å²) >= 11 is 0. The Labute approximate surface area is 96.1 Å². The van der Waals surface area contributed by atoms with Crippen LogP contribution in [0.3, 0.4) is 0 Å². The molecule has 1 aliphatic carbocycles. The van der Waals surface area contributed by atoms with Gasteiger partial charge in [-0.2, -0.15) is 5.10 Å². The second kappa shape index (κ2) is 4.76. The maximum absolute atomic E-state index is 11.2. The molecule has 1 heterocycles. The van der Waals surface area contributed by atoms with Crippen LogP contribution in [-0.4, -0.2) is 20.5 Å². The summed E-state index contributed by atoms with van der Waals surface area (Å²) in [5, 5.41) is 4.24. The predicted molar refractivity (Wildman–Crippen MR) is 60.9 cm³/mol. The van der Waals surface area contributed by atoms with Crippen molar-refractivity contribution in [3.63, 3.8) is 0 Å². The van der Waals surface area contributed by atoms with Gasteiger partial charge in [0.1, 0.15) is 17.9 Å². The molecular formula is C12H19N3O. The molecule has 16 heavy (non-hydrogen) atoms. The zero-order valence-electron chi connectivity index (χ0n) is 10.0. The molecular weight excluding hydrogens is 202 g/mol. The summed E-state index contributed by atoms with van der Waals surface area (Å²) in [6.07, 6.45) is 5.03. The third-order valence-electron chi connectivity index (χ3n) is 3.05. The SMILES string of the molecule is CC(C)Cn1ncnc1CC1CCC(=O)C1. The van der Waals surface area contributed by atoms with Gasteiger partial charge in [0.15, 0.2) is 0 Å². The molecule has 1 atom stereocenters. The first kappa shape index (κ1) is 11.3. The molecule has 1 aliphatic rings. The summed E-state index contributed by atoms with van der Waals surface area (Å²) in [6.45, 7) is 5.26. The summed E-state index contributed by atoms with van der Waals surface area (Å²) in [4.78, 5) is 15.5. The summed E-state index contributed by atoms with van der Waals surface area (Å²) in [5.41, 5.74) is 0. The van der Waals surface area contributed by atoms with Crippen LogP contribution in [0.15, 0.2) is 6.33 Å². The number of hydrogen-bond acceptors (Lipinski definition) is 3. The van der Waals surface area contributed by atoms with Crippen LogP contribution in [-0.2, 0) is 17.8 Å². The van der Waals surface area contributed by atoms with Gasteiger partial charge in [0, 0.05) is 25.8 Å². The number of hydrogen-bond donors (Lipinski definition) is 0. The molecule has 4 nitrogen and oxygen atoms in total. The van der Waals surface area contributed by atoms with Gasteiger partial charge in [-0.3, -0.25) is 4.79 Å². The molecule has 0 saturated heterocycles. The number of nitrogens with zero attached hydrogens (tertiary/aromatic N) is 3. The monoisotopic (exact) mass is 221 g/mol. The standard InChI is InChI=1S/C12H19N3O/c1-9(2)7-15-12(13-8-14-15)6-10-3-4-11(16)5-10/h8-10H,3-7H2,1-2H3. The molecule has 0 aromatic carbocycles.